The fourth-order valence-corrected chi connectivity index (χ4v) is 6.73. The number of nitrogens with one attached hydrogen (secondary N) is 2. The van der Waals surface area contributed by atoms with Crippen molar-refractivity contribution in [3.05, 3.63) is 76.7 Å². The molecule has 17 heteroatoms. The Bertz CT molecular complexity index is 1950. The van der Waals surface area contributed by atoms with Crippen LogP contribution in [0.2, 0.25) is 5.02 Å². The van der Waals surface area contributed by atoms with Gasteiger partial charge in [0, 0.05) is 63.5 Å². The molecule has 0 aliphatic carbocycles. The molecule has 2 N–H and O–H groups in total. The molecule has 52 heavy (non-hydrogen) atoms. The number of rotatable bonds is 11. The van der Waals surface area contributed by atoms with Crippen LogP contribution in [0.15, 0.2) is 60.9 Å². The molecule has 2 aliphatic heterocycles. The van der Waals surface area contributed by atoms with Gasteiger partial charge in [-0.25, -0.2) is 28.1 Å². The molecular formula is C35H37ClF3N9O3S. The van der Waals surface area contributed by atoms with Crippen molar-refractivity contribution in [1.82, 2.24) is 24.8 Å². The Balaban J connectivity index is 1.22. The molecule has 2 aliphatic rings. The van der Waals surface area contributed by atoms with Crippen molar-refractivity contribution in [3.8, 4) is 17.0 Å². The van der Waals surface area contributed by atoms with Crippen molar-refractivity contribution < 1.29 is 27.5 Å². The number of thiazole rings is 1. The van der Waals surface area contributed by atoms with Gasteiger partial charge in [-0.2, -0.15) is 0 Å². The van der Waals surface area contributed by atoms with Gasteiger partial charge < -0.3 is 35.0 Å². The first-order valence-electron chi connectivity index (χ1n) is 16.4. The molecule has 2 saturated heterocycles. The molecule has 0 spiro atoms. The Morgan fingerprint density at radius 3 is 2.56 bits per heavy atom. The van der Waals surface area contributed by atoms with Gasteiger partial charge in [-0.1, -0.05) is 35.1 Å². The van der Waals surface area contributed by atoms with Crippen LogP contribution in [0, 0.1) is 5.82 Å². The highest BCUT2D eigenvalue weighted by Gasteiger charge is 2.40. The van der Waals surface area contributed by atoms with E-state index in [1.165, 1.54) is 31.5 Å². The number of para-hydroxylation sites is 1. The van der Waals surface area contributed by atoms with Gasteiger partial charge in [0.2, 0.25) is 5.91 Å². The minimum absolute atomic E-state index is 0.0597. The summed E-state index contributed by atoms with van der Waals surface area (Å²) in [7, 11) is 5.34. The zero-order valence-electron chi connectivity index (χ0n) is 28.7. The molecule has 0 radical (unpaired) electrons. The fraction of sp³-hybridized carbons (Fsp3) is 0.343. The summed E-state index contributed by atoms with van der Waals surface area (Å²) >= 11 is 7.07. The number of alkyl halides is 2. The number of carbonyl (C=O) groups excluding carboxylic acids is 2. The Morgan fingerprint density at radius 2 is 1.87 bits per heavy atom. The summed E-state index contributed by atoms with van der Waals surface area (Å²) in [5.41, 5.74) is 1.49. The van der Waals surface area contributed by atoms with Gasteiger partial charge in [0.05, 0.1) is 41.9 Å². The molecule has 274 valence electrons. The third-order valence-corrected chi connectivity index (χ3v) is 9.74. The van der Waals surface area contributed by atoms with Crippen LogP contribution >= 0.6 is 22.9 Å². The van der Waals surface area contributed by atoms with E-state index in [1.807, 2.05) is 36.0 Å². The monoisotopic (exact) mass is 755 g/mol. The van der Waals surface area contributed by atoms with E-state index < -0.39 is 24.2 Å². The summed E-state index contributed by atoms with van der Waals surface area (Å²) in [6.45, 7) is 2.30. The second-order valence-electron chi connectivity index (χ2n) is 12.5. The van der Waals surface area contributed by atoms with Crippen LogP contribution in [0.4, 0.5) is 41.3 Å². The highest BCUT2D eigenvalue weighted by atomic mass is 35.5. The van der Waals surface area contributed by atoms with Crippen molar-refractivity contribution in [3.63, 3.8) is 0 Å². The number of carbonyl (C=O) groups is 2. The predicted molar refractivity (Wildman–Crippen MR) is 197 cm³/mol. The fourth-order valence-electron chi connectivity index (χ4n) is 5.80. The third kappa shape index (κ3) is 8.57. The number of aromatic nitrogens is 3. The van der Waals surface area contributed by atoms with E-state index >= 15 is 0 Å². The van der Waals surface area contributed by atoms with E-state index in [0.29, 0.717) is 66.4 Å². The van der Waals surface area contributed by atoms with Crippen molar-refractivity contribution in [2.45, 2.75) is 12.3 Å². The van der Waals surface area contributed by atoms with Crippen LogP contribution in [-0.4, -0.2) is 110 Å². The number of amides is 2. The first-order valence-corrected chi connectivity index (χ1v) is 17.6. The second-order valence-corrected chi connectivity index (χ2v) is 14.0. The highest BCUT2D eigenvalue weighted by molar-refractivity contribution is 7.17. The van der Waals surface area contributed by atoms with Crippen LogP contribution in [0.25, 0.3) is 11.3 Å². The van der Waals surface area contributed by atoms with Gasteiger partial charge in [-0.3, -0.25) is 9.59 Å². The van der Waals surface area contributed by atoms with Crippen LogP contribution in [0.1, 0.15) is 16.1 Å². The summed E-state index contributed by atoms with van der Waals surface area (Å²) in [5, 5.41) is 5.93. The van der Waals surface area contributed by atoms with E-state index in [1.54, 1.807) is 34.2 Å². The number of pyridine rings is 2. The molecule has 2 amide bonds. The lowest BCUT2D eigenvalue weighted by atomic mass is 10.1. The number of nitrogens with zero attached hydrogens (tertiary/aromatic N) is 7. The lowest BCUT2D eigenvalue weighted by Gasteiger charge is -2.37. The van der Waals surface area contributed by atoms with Crippen LogP contribution in [-0.2, 0) is 4.79 Å². The number of halogens is 4. The molecular weight excluding hydrogens is 719 g/mol. The lowest BCUT2D eigenvalue weighted by molar-refractivity contribution is -0.126. The molecule has 2 fully saturated rings. The summed E-state index contributed by atoms with van der Waals surface area (Å²) < 4.78 is 48.7. The number of benzene rings is 1. The maximum Gasteiger partial charge on any atom is 0.267 e. The number of anilines is 5. The average molecular weight is 756 g/mol. The zero-order chi connectivity index (χ0) is 37.0. The van der Waals surface area contributed by atoms with Crippen molar-refractivity contribution >= 4 is 62.9 Å². The topological polar surface area (TPSA) is 119 Å². The number of hydrogen-bond acceptors (Lipinski definition) is 11. The predicted octanol–water partition coefficient (Wildman–Crippen LogP) is 6.01. The van der Waals surface area contributed by atoms with Crippen molar-refractivity contribution in [2.75, 3.05) is 87.5 Å². The van der Waals surface area contributed by atoms with Gasteiger partial charge in [0.25, 0.3) is 11.8 Å². The molecule has 0 unspecified atom stereocenters. The van der Waals surface area contributed by atoms with Gasteiger partial charge in [-0.15, -0.1) is 0 Å². The quantitative estimate of drug-likeness (QED) is 0.176. The normalized spacial score (nSPS) is 15.8. The van der Waals surface area contributed by atoms with Gasteiger partial charge in [0.15, 0.2) is 22.5 Å². The number of likely N-dealkylation sites (N-methyl/N-ethyl adjacent to an activating group) is 1. The van der Waals surface area contributed by atoms with E-state index in [4.69, 9.17) is 26.3 Å². The maximum atomic E-state index is 14.5. The van der Waals surface area contributed by atoms with Crippen molar-refractivity contribution in [2.24, 2.45) is 0 Å². The zero-order valence-corrected chi connectivity index (χ0v) is 30.3. The Morgan fingerprint density at radius 1 is 1.08 bits per heavy atom. The molecule has 12 nitrogen and oxygen atoms in total. The number of methoxy groups -OCH3 is 1. The molecule has 4 aromatic rings. The number of ether oxygens (including phenoxy) is 1. The maximum absolute atomic E-state index is 14.5. The average Bonchev–Trinajstić information content (AvgIpc) is 3.75. The SMILES string of the molecule is COc1ccc(-c2cnc(N3CCN(C(=O)/C=C/CN(C)C)CC3)c(N3CCC(F)(F)C3)c2)nc1Nc1ncc(C(=O)Nc2c(F)cccc2Cl)s1. The molecule has 5 heterocycles. The van der Waals surface area contributed by atoms with E-state index in [0.717, 1.165) is 11.3 Å². The first kappa shape index (κ1) is 36.8. The van der Waals surface area contributed by atoms with Gasteiger partial charge in [-0.05, 0) is 44.4 Å². The molecule has 0 atom stereocenters. The Hall–Kier alpha value is -4.93. The largest absolute Gasteiger partial charge is 0.493 e. The molecule has 6 rings (SSSR count). The van der Waals surface area contributed by atoms with E-state index in [2.05, 4.69) is 15.6 Å². The van der Waals surface area contributed by atoms with Gasteiger partial charge >= 0.3 is 0 Å². The second kappa shape index (κ2) is 15.8. The highest BCUT2D eigenvalue weighted by Crippen LogP contribution is 2.39. The molecule has 0 saturated carbocycles. The third-order valence-electron chi connectivity index (χ3n) is 8.51. The Kier molecular flexibility index (Phi) is 11.2. The van der Waals surface area contributed by atoms with E-state index in [9.17, 15) is 22.8 Å². The van der Waals surface area contributed by atoms with Gasteiger partial charge in [0.1, 0.15) is 10.7 Å². The van der Waals surface area contributed by atoms with Crippen LogP contribution < -0.4 is 25.2 Å². The standard InChI is InChI=1S/C35H37ClF3N9O3S/c1-45(2)12-5-8-29(49)46-14-16-47(17-15-46)32-26(48-13-11-35(38,39)21-48)18-22(19-40-32)25-9-10-27(51-3)31(42-25)44-34-41-20-28(52-34)33(50)43-30-23(36)6-4-7-24(30)37/h4-10,18-20H,11-17,21H2,1-3H3,(H,43,50)(H,41,42,44)/b8-5+. The number of piperazine rings is 1. The lowest BCUT2D eigenvalue weighted by Crippen LogP contribution is -2.49. The minimum atomic E-state index is -2.84. The minimum Gasteiger partial charge on any atom is -0.493 e. The number of hydrogen-bond donors (Lipinski definition) is 2. The molecule has 0 bridgehead atoms. The summed E-state index contributed by atoms with van der Waals surface area (Å²) in [5.74, 6) is -2.93. The Labute approximate surface area is 307 Å². The molecule has 1 aromatic carbocycles. The first-order chi connectivity index (χ1) is 24.9. The summed E-state index contributed by atoms with van der Waals surface area (Å²) in [6.07, 6.45) is 6.13. The van der Waals surface area contributed by atoms with E-state index in [-0.39, 0.29) is 40.3 Å². The summed E-state index contributed by atoms with van der Waals surface area (Å²) in [6, 6.07) is 9.34. The van der Waals surface area contributed by atoms with Crippen molar-refractivity contribution in [1.29, 1.82) is 0 Å². The molecule has 3 aromatic heterocycles. The van der Waals surface area contributed by atoms with Crippen LogP contribution in [0.5, 0.6) is 5.75 Å². The summed E-state index contributed by atoms with van der Waals surface area (Å²) in [4.78, 5) is 47.0. The smallest absolute Gasteiger partial charge is 0.267 e. The van der Waals surface area contributed by atoms with Crippen LogP contribution in [0.3, 0.4) is 0 Å².